The minimum atomic E-state index is -3.67. The van der Waals surface area contributed by atoms with Crippen LogP contribution in [-0.2, 0) is 16.4 Å². The molecule has 28 heavy (non-hydrogen) atoms. The summed E-state index contributed by atoms with van der Waals surface area (Å²) in [5, 5.41) is 18.1. The van der Waals surface area contributed by atoms with E-state index in [-0.39, 0.29) is 31.2 Å². The third-order valence-corrected chi connectivity index (χ3v) is 6.99. The summed E-state index contributed by atoms with van der Waals surface area (Å²) in [7, 11) is -3.67. The molecule has 0 fully saturated rings. The van der Waals surface area contributed by atoms with Gasteiger partial charge in [0.15, 0.2) is 0 Å². The second kappa shape index (κ2) is 15.0. The Balaban J connectivity index is 2.33. The molecular weight excluding hydrogens is 374 g/mol. The molecule has 0 unspecified atom stereocenters. The Bertz CT molecular complexity index is 595. The number of hydrogen-bond donors (Lipinski definition) is 2. The van der Waals surface area contributed by atoms with E-state index in [9.17, 15) is 8.42 Å². The molecule has 0 saturated heterocycles. The Labute approximate surface area is 171 Å². The summed E-state index contributed by atoms with van der Waals surface area (Å²) in [6.45, 7) is 1.69. The molecule has 0 aliphatic carbocycles. The molecule has 162 valence electrons. The maximum Gasteiger partial charge on any atom is 0.243 e. The highest BCUT2D eigenvalue weighted by atomic mass is 32.2. The summed E-state index contributed by atoms with van der Waals surface area (Å²) in [6, 6.07) is 7.00. The quantitative estimate of drug-likeness (QED) is 0.377. The van der Waals surface area contributed by atoms with E-state index in [0.29, 0.717) is 0 Å². The smallest absolute Gasteiger partial charge is 0.243 e. The molecule has 1 rings (SSSR count). The Kier molecular flexibility index (Phi) is 13.4. The normalized spacial score (nSPS) is 12.0. The average Bonchev–Trinajstić information content (AvgIpc) is 2.69. The second-order valence-corrected chi connectivity index (χ2v) is 9.37. The lowest BCUT2D eigenvalue weighted by Gasteiger charge is -2.20. The highest BCUT2D eigenvalue weighted by molar-refractivity contribution is 7.89. The van der Waals surface area contributed by atoms with Crippen molar-refractivity contribution in [2.75, 3.05) is 26.3 Å². The van der Waals surface area contributed by atoms with E-state index in [2.05, 4.69) is 6.92 Å². The van der Waals surface area contributed by atoms with Gasteiger partial charge in [-0.05, 0) is 30.5 Å². The van der Waals surface area contributed by atoms with Crippen LogP contribution in [0.15, 0.2) is 29.2 Å². The summed E-state index contributed by atoms with van der Waals surface area (Å²) < 4.78 is 26.3. The summed E-state index contributed by atoms with van der Waals surface area (Å²) in [6.07, 6.45) is 14.0. The molecule has 1 aromatic rings. The SMILES string of the molecule is CCCCCCCCCCCCc1ccc(S(=O)(=O)N(CCO)CCO)cc1. The van der Waals surface area contributed by atoms with Gasteiger partial charge >= 0.3 is 0 Å². The van der Waals surface area contributed by atoms with E-state index in [1.54, 1.807) is 12.1 Å². The van der Waals surface area contributed by atoms with Gasteiger partial charge in [-0.15, -0.1) is 0 Å². The fraction of sp³-hybridized carbons (Fsp3) is 0.727. The number of hydrogen-bond acceptors (Lipinski definition) is 4. The first-order valence-electron chi connectivity index (χ1n) is 10.9. The Morgan fingerprint density at radius 1 is 0.750 bits per heavy atom. The summed E-state index contributed by atoms with van der Waals surface area (Å²) in [5.41, 5.74) is 1.15. The molecule has 0 heterocycles. The van der Waals surface area contributed by atoms with Crippen LogP contribution in [0, 0.1) is 0 Å². The fourth-order valence-corrected chi connectivity index (χ4v) is 4.79. The molecule has 0 radical (unpaired) electrons. The number of nitrogens with zero attached hydrogens (tertiary/aromatic N) is 1. The summed E-state index contributed by atoms with van der Waals surface area (Å²) >= 11 is 0. The Morgan fingerprint density at radius 2 is 1.21 bits per heavy atom. The summed E-state index contributed by atoms with van der Waals surface area (Å²) in [5.74, 6) is 0. The molecule has 2 N–H and O–H groups in total. The number of aliphatic hydroxyl groups excluding tert-OH is 2. The number of rotatable bonds is 17. The first-order valence-corrected chi connectivity index (χ1v) is 12.3. The van der Waals surface area contributed by atoms with Gasteiger partial charge in [-0.1, -0.05) is 76.8 Å². The Morgan fingerprint density at radius 3 is 1.68 bits per heavy atom. The molecule has 0 atom stereocenters. The number of aryl methyl sites for hydroxylation is 1. The van der Waals surface area contributed by atoms with Crippen molar-refractivity contribution < 1.29 is 18.6 Å². The van der Waals surface area contributed by atoms with Gasteiger partial charge in [0.25, 0.3) is 0 Å². The van der Waals surface area contributed by atoms with Gasteiger partial charge in [0.1, 0.15) is 0 Å². The van der Waals surface area contributed by atoms with E-state index in [1.165, 1.54) is 57.8 Å². The molecule has 0 aromatic heterocycles. The van der Waals surface area contributed by atoms with Crippen molar-refractivity contribution in [2.24, 2.45) is 0 Å². The van der Waals surface area contributed by atoms with Crippen LogP contribution >= 0.6 is 0 Å². The van der Waals surface area contributed by atoms with Gasteiger partial charge in [0.05, 0.1) is 18.1 Å². The third-order valence-electron chi connectivity index (χ3n) is 5.08. The zero-order valence-corrected chi connectivity index (χ0v) is 18.3. The van der Waals surface area contributed by atoms with Gasteiger partial charge in [0.2, 0.25) is 10.0 Å². The first kappa shape index (κ1) is 25.1. The Hall–Kier alpha value is -0.950. The first-order chi connectivity index (χ1) is 13.6. The van der Waals surface area contributed by atoms with Gasteiger partial charge in [-0.2, -0.15) is 4.31 Å². The number of sulfonamides is 1. The molecule has 0 saturated carbocycles. The lowest BCUT2D eigenvalue weighted by molar-refractivity contribution is 0.217. The molecule has 0 amide bonds. The number of unbranched alkanes of at least 4 members (excludes halogenated alkanes) is 9. The molecule has 1 aromatic carbocycles. The molecule has 6 heteroatoms. The average molecular weight is 414 g/mol. The van der Waals surface area contributed by atoms with Crippen LogP contribution in [0.2, 0.25) is 0 Å². The van der Waals surface area contributed by atoms with Crippen molar-refractivity contribution >= 4 is 10.0 Å². The van der Waals surface area contributed by atoms with E-state index in [4.69, 9.17) is 10.2 Å². The van der Waals surface area contributed by atoms with Crippen molar-refractivity contribution in [1.82, 2.24) is 4.31 Å². The van der Waals surface area contributed by atoms with Crippen molar-refractivity contribution in [3.05, 3.63) is 29.8 Å². The largest absolute Gasteiger partial charge is 0.395 e. The predicted octanol–water partition coefficient (Wildman–Crippen LogP) is 4.13. The lowest BCUT2D eigenvalue weighted by Crippen LogP contribution is -2.35. The molecule has 0 spiro atoms. The van der Waals surface area contributed by atoms with Crippen LogP contribution in [0.5, 0.6) is 0 Å². The van der Waals surface area contributed by atoms with Crippen LogP contribution in [0.4, 0.5) is 0 Å². The molecule has 5 nitrogen and oxygen atoms in total. The standard InChI is InChI=1S/C22H39NO4S/c1-2-3-4-5-6-7-8-9-10-11-12-21-13-15-22(16-14-21)28(26,27)23(17-19-24)18-20-25/h13-16,24-25H,2-12,17-20H2,1H3. The van der Waals surface area contributed by atoms with Gasteiger partial charge in [0, 0.05) is 13.1 Å². The minimum Gasteiger partial charge on any atom is -0.395 e. The van der Waals surface area contributed by atoms with E-state index in [0.717, 1.165) is 22.7 Å². The highest BCUT2D eigenvalue weighted by Crippen LogP contribution is 2.18. The van der Waals surface area contributed by atoms with Crippen LogP contribution in [0.1, 0.15) is 76.7 Å². The van der Waals surface area contributed by atoms with E-state index in [1.807, 2.05) is 12.1 Å². The molecule has 0 bridgehead atoms. The molecule has 0 aliphatic heterocycles. The monoisotopic (exact) mass is 413 g/mol. The van der Waals surface area contributed by atoms with Gasteiger partial charge in [-0.3, -0.25) is 0 Å². The topological polar surface area (TPSA) is 77.8 Å². The van der Waals surface area contributed by atoms with Crippen molar-refractivity contribution in [1.29, 1.82) is 0 Å². The van der Waals surface area contributed by atoms with E-state index >= 15 is 0 Å². The van der Waals surface area contributed by atoms with Crippen LogP contribution in [0.25, 0.3) is 0 Å². The van der Waals surface area contributed by atoms with Crippen LogP contribution < -0.4 is 0 Å². The van der Waals surface area contributed by atoms with Crippen molar-refractivity contribution in [3.63, 3.8) is 0 Å². The highest BCUT2D eigenvalue weighted by Gasteiger charge is 2.23. The minimum absolute atomic E-state index is 0.0107. The maximum absolute atomic E-state index is 12.6. The second-order valence-electron chi connectivity index (χ2n) is 7.43. The predicted molar refractivity (Wildman–Crippen MR) is 115 cm³/mol. The third kappa shape index (κ3) is 9.50. The van der Waals surface area contributed by atoms with Gasteiger partial charge < -0.3 is 10.2 Å². The van der Waals surface area contributed by atoms with E-state index < -0.39 is 10.0 Å². The zero-order valence-electron chi connectivity index (χ0n) is 17.5. The van der Waals surface area contributed by atoms with Crippen molar-refractivity contribution in [2.45, 2.75) is 82.4 Å². The van der Waals surface area contributed by atoms with Crippen LogP contribution in [-0.4, -0.2) is 49.2 Å². The zero-order chi connectivity index (χ0) is 20.7. The fourth-order valence-electron chi connectivity index (χ4n) is 3.37. The lowest BCUT2D eigenvalue weighted by atomic mass is 10.0. The maximum atomic E-state index is 12.6. The number of aliphatic hydroxyl groups is 2. The molecular formula is C22H39NO4S. The summed E-state index contributed by atoms with van der Waals surface area (Å²) in [4.78, 5) is 0.209. The van der Waals surface area contributed by atoms with Crippen molar-refractivity contribution in [3.8, 4) is 0 Å². The molecule has 0 aliphatic rings. The van der Waals surface area contributed by atoms with Gasteiger partial charge in [-0.25, -0.2) is 8.42 Å². The number of benzene rings is 1. The van der Waals surface area contributed by atoms with Crippen LogP contribution in [0.3, 0.4) is 0 Å².